The maximum absolute atomic E-state index is 11.4. The molecule has 6 heteroatoms. The molecular weight excluding hydrogens is 372 g/mol. The third kappa shape index (κ3) is 10.7. The van der Waals surface area contributed by atoms with Crippen LogP contribution in [0.25, 0.3) is 6.08 Å². The molecule has 0 saturated heterocycles. The number of hydrogen-bond acceptors (Lipinski definition) is 5. The zero-order chi connectivity index (χ0) is 21.8. The van der Waals surface area contributed by atoms with Crippen molar-refractivity contribution in [1.82, 2.24) is 0 Å². The first kappa shape index (κ1) is 23.9. The average Bonchev–Trinajstić information content (AvgIpc) is 2.62. The molecular formula is C23H28O6. The summed E-state index contributed by atoms with van der Waals surface area (Å²) < 4.78 is 10.4. The van der Waals surface area contributed by atoms with Crippen LogP contribution in [0.2, 0.25) is 0 Å². The Labute approximate surface area is 171 Å². The van der Waals surface area contributed by atoms with E-state index in [4.69, 9.17) is 14.6 Å². The highest BCUT2D eigenvalue weighted by Crippen LogP contribution is 2.23. The van der Waals surface area contributed by atoms with E-state index in [2.05, 4.69) is 6.08 Å². The largest absolute Gasteiger partial charge is 0.478 e. The van der Waals surface area contributed by atoms with E-state index in [9.17, 15) is 14.4 Å². The lowest BCUT2D eigenvalue weighted by molar-refractivity contribution is -0.140. The first-order chi connectivity index (χ1) is 13.7. The molecule has 1 aromatic carbocycles. The van der Waals surface area contributed by atoms with Crippen LogP contribution in [0.3, 0.4) is 0 Å². The topological polar surface area (TPSA) is 89.9 Å². The lowest BCUT2D eigenvalue weighted by Gasteiger charge is -2.11. The summed E-state index contributed by atoms with van der Waals surface area (Å²) in [5, 5.41) is 8.81. The summed E-state index contributed by atoms with van der Waals surface area (Å²) in [5.41, 5.74) is 3.58. The summed E-state index contributed by atoms with van der Waals surface area (Å²) in [6.07, 6.45) is 8.60. The molecule has 0 aromatic heterocycles. The third-order valence-corrected chi connectivity index (χ3v) is 3.85. The average molecular weight is 400 g/mol. The fourth-order valence-electron chi connectivity index (χ4n) is 2.51. The van der Waals surface area contributed by atoms with Gasteiger partial charge in [-0.15, -0.1) is 0 Å². The Morgan fingerprint density at radius 1 is 1.03 bits per heavy atom. The van der Waals surface area contributed by atoms with Gasteiger partial charge < -0.3 is 14.6 Å². The van der Waals surface area contributed by atoms with E-state index >= 15 is 0 Å². The molecule has 0 saturated carbocycles. The van der Waals surface area contributed by atoms with Gasteiger partial charge in [0.1, 0.15) is 12.4 Å². The highest BCUT2D eigenvalue weighted by Gasteiger charge is 2.08. The Balaban J connectivity index is 3.11. The monoisotopic (exact) mass is 400 g/mol. The number of carboxylic acid groups (broad SMARTS) is 1. The van der Waals surface area contributed by atoms with Gasteiger partial charge in [-0.2, -0.15) is 0 Å². The first-order valence-electron chi connectivity index (χ1n) is 9.34. The number of ether oxygens (including phenoxy) is 2. The Morgan fingerprint density at radius 2 is 1.76 bits per heavy atom. The molecule has 1 aromatic rings. The minimum atomic E-state index is -1.04. The van der Waals surface area contributed by atoms with Crippen molar-refractivity contribution in [2.45, 2.75) is 47.0 Å². The van der Waals surface area contributed by atoms with Crippen molar-refractivity contribution in [3.63, 3.8) is 0 Å². The molecule has 0 bridgehead atoms. The van der Waals surface area contributed by atoms with Gasteiger partial charge in [0.05, 0.1) is 0 Å². The van der Waals surface area contributed by atoms with Gasteiger partial charge in [-0.25, -0.2) is 4.79 Å². The van der Waals surface area contributed by atoms with Gasteiger partial charge in [0.2, 0.25) is 0 Å². The number of allylic oxidation sites excluding steroid dienone is 3. The normalized spacial score (nSPS) is 11.2. The number of rotatable bonds is 10. The lowest BCUT2D eigenvalue weighted by Crippen LogP contribution is -2.06. The zero-order valence-corrected chi connectivity index (χ0v) is 17.4. The lowest BCUT2D eigenvalue weighted by atomic mass is 10.0. The molecule has 0 fully saturated rings. The highest BCUT2D eigenvalue weighted by molar-refractivity contribution is 5.85. The molecule has 0 aliphatic rings. The van der Waals surface area contributed by atoms with Gasteiger partial charge in [0.25, 0.3) is 0 Å². The van der Waals surface area contributed by atoms with Crippen molar-refractivity contribution in [3.8, 4) is 5.75 Å². The predicted octanol–water partition coefficient (Wildman–Crippen LogP) is 4.49. The maximum atomic E-state index is 11.4. The molecule has 156 valence electrons. The van der Waals surface area contributed by atoms with E-state index in [1.54, 1.807) is 18.2 Å². The number of hydrogen-bond donors (Lipinski definition) is 1. The van der Waals surface area contributed by atoms with E-state index in [1.165, 1.54) is 25.5 Å². The van der Waals surface area contributed by atoms with Crippen LogP contribution < -0.4 is 4.74 Å². The van der Waals surface area contributed by atoms with Crippen molar-refractivity contribution in [2.24, 2.45) is 0 Å². The molecule has 1 N–H and O–H groups in total. The van der Waals surface area contributed by atoms with Gasteiger partial charge >= 0.3 is 17.9 Å². The van der Waals surface area contributed by atoms with Crippen molar-refractivity contribution in [2.75, 3.05) is 6.61 Å². The predicted molar refractivity (Wildman–Crippen MR) is 112 cm³/mol. The fraction of sp³-hybridized carbons (Fsp3) is 0.348. The minimum Gasteiger partial charge on any atom is -0.478 e. The Kier molecular flexibility index (Phi) is 10.2. The van der Waals surface area contributed by atoms with Crippen LogP contribution in [-0.4, -0.2) is 29.6 Å². The zero-order valence-electron chi connectivity index (χ0n) is 17.4. The summed E-state index contributed by atoms with van der Waals surface area (Å²) >= 11 is 0. The Morgan fingerprint density at radius 3 is 2.34 bits per heavy atom. The number of carbonyl (C=O) groups excluding carboxylic acids is 2. The molecule has 6 nitrogen and oxygen atoms in total. The smallest absolute Gasteiger partial charge is 0.328 e. The van der Waals surface area contributed by atoms with E-state index in [1.807, 2.05) is 19.9 Å². The van der Waals surface area contributed by atoms with Crippen molar-refractivity contribution in [3.05, 3.63) is 58.7 Å². The minimum absolute atomic E-state index is 0.202. The number of carbonyl (C=O) groups is 3. The SMILES string of the molecule is CC(=O)OCC(=CCc1cc(C=CC(=O)O)ccc1OC(C)=O)CCC=C(C)C. The molecule has 0 heterocycles. The van der Waals surface area contributed by atoms with Crippen LogP contribution >= 0.6 is 0 Å². The Hall–Kier alpha value is -3.15. The molecule has 1 rings (SSSR count). The summed E-state index contributed by atoms with van der Waals surface area (Å²) in [6.45, 7) is 6.94. The third-order valence-electron chi connectivity index (χ3n) is 3.85. The van der Waals surface area contributed by atoms with Gasteiger partial charge in [-0.1, -0.05) is 23.8 Å². The van der Waals surface area contributed by atoms with Crippen LogP contribution in [0.15, 0.2) is 47.6 Å². The van der Waals surface area contributed by atoms with Crippen LogP contribution in [0, 0.1) is 0 Å². The highest BCUT2D eigenvalue weighted by atomic mass is 16.5. The molecule has 0 atom stereocenters. The first-order valence-corrected chi connectivity index (χ1v) is 9.34. The van der Waals surface area contributed by atoms with E-state index < -0.39 is 11.9 Å². The number of esters is 2. The van der Waals surface area contributed by atoms with Crippen molar-refractivity contribution in [1.29, 1.82) is 0 Å². The summed E-state index contributed by atoms with van der Waals surface area (Å²) in [7, 11) is 0. The van der Waals surface area contributed by atoms with Crippen molar-refractivity contribution < 1.29 is 29.0 Å². The summed E-state index contributed by atoms with van der Waals surface area (Å²) in [4.78, 5) is 33.3. The standard InChI is InChI=1S/C23H28O6/c1-16(2)6-5-7-20(15-28-17(3)24)8-11-21-14-19(10-13-23(26)27)9-12-22(21)29-18(4)25/h6,8-10,12-14H,5,7,11,15H2,1-4H3,(H,26,27). The fourth-order valence-corrected chi connectivity index (χ4v) is 2.51. The number of benzene rings is 1. The second-order valence-electron chi connectivity index (χ2n) is 6.80. The second kappa shape index (κ2) is 12.3. The van der Waals surface area contributed by atoms with Crippen molar-refractivity contribution >= 4 is 24.0 Å². The number of carboxylic acids is 1. The second-order valence-corrected chi connectivity index (χ2v) is 6.80. The summed E-state index contributed by atoms with van der Waals surface area (Å²) in [6, 6.07) is 5.09. The van der Waals surface area contributed by atoms with Gasteiger partial charge in [0, 0.05) is 19.9 Å². The molecule has 0 aliphatic carbocycles. The molecule has 29 heavy (non-hydrogen) atoms. The molecule has 0 unspecified atom stereocenters. The quantitative estimate of drug-likeness (QED) is 0.269. The molecule has 0 spiro atoms. The van der Waals surface area contributed by atoms with Crippen LogP contribution in [-0.2, 0) is 25.5 Å². The molecule has 0 aliphatic heterocycles. The van der Waals surface area contributed by atoms with E-state index in [0.717, 1.165) is 30.1 Å². The van der Waals surface area contributed by atoms with Crippen LogP contribution in [0.4, 0.5) is 0 Å². The number of aliphatic carboxylic acids is 1. The molecule has 0 radical (unpaired) electrons. The van der Waals surface area contributed by atoms with Crippen LogP contribution in [0.5, 0.6) is 5.75 Å². The molecule has 0 amide bonds. The van der Waals surface area contributed by atoms with Gasteiger partial charge in [-0.05, 0) is 68.0 Å². The van der Waals surface area contributed by atoms with E-state index in [0.29, 0.717) is 17.7 Å². The summed E-state index contributed by atoms with van der Waals surface area (Å²) in [5.74, 6) is -1.41. The van der Waals surface area contributed by atoms with Gasteiger partial charge in [-0.3, -0.25) is 9.59 Å². The van der Waals surface area contributed by atoms with Gasteiger partial charge in [0.15, 0.2) is 0 Å². The maximum Gasteiger partial charge on any atom is 0.328 e. The Bertz CT molecular complexity index is 826. The van der Waals surface area contributed by atoms with E-state index in [-0.39, 0.29) is 12.6 Å². The van der Waals surface area contributed by atoms with Crippen LogP contribution in [0.1, 0.15) is 51.7 Å².